The van der Waals surface area contributed by atoms with Crippen LogP contribution >= 0.6 is 27.7 Å². The molecule has 3 aromatic carbocycles. The zero-order chi connectivity index (χ0) is 21.6. The Morgan fingerprint density at radius 3 is 2.48 bits per heavy atom. The molecule has 4 aromatic rings. The lowest BCUT2D eigenvalue weighted by molar-refractivity contribution is 0.102. The molecule has 156 valence electrons. The van der Waals surface area contributed by atoms with Crippen LogP contribution in [0.3, 0.4) is 0 Å². The zero-order valence-electron chi connectivity index (χ0n) is 16.3. The zero-order valence-corrected chi connectivity index (χ0v) is 18.7. The maximum atomic E-state index is 13.1. The topological polar surface area (TPSA) is 59.8 Å². The quantitative estimate of drug-likeness (QED) is 0.349. The van der Waals surface area contributed by atoms with E-state index in [1.54, 1.807) is 0 Å². The average molecular weight is 497 g/mol. The van der Waals surface area contributed by atoms with Crippen molar-refractivity contribution in [1.29, 1.82) is 0 Å². The number of carbonyl (C=O) groups is 1. The Labute approximate surface area is 191 Å². The molecule has 0 radical (unpaired) electrons. The van der Waals surface area contributed by atoms with Crippen LogP contribution in [0.25, 0.3) is 0 Å². The van der Waals surface area contributed by atoms with Crippen molar-refractivity contribution in [2.45, 2.75) is 23.0 Å². The van der Waals surface area contributed by atoms with Gasteiger partial charge in [-0.15, -0.1) is 5.10 Å². The van der Waals surface area contributed by atoms with Crippen molar-refractivity contribution in [2.24, 2.45) is 0 Å². The number of benzene rings is 3. The van der Waals surface area contributed by atoms with Crippen LogP contribution in [0.1, 0.15) is 15.9 Å². The Morgan fingerprint density at radius 1 is 1.00 bits per heavy atom. The van der Waals surface area contributed by atoms with Gasteiger partial charge in [-0.1, -0.05) is 42.5 Å². The Kier molecular flexibility index (Phi) is 6.79. The van der Waals surface area contributed by atoms with Gasteiger partial charge < -0.3 is 5.32 Å². The first-order valence-electron chi connectivity index (χ1n) is 9.56. The van der Waals surface area contributed by atoms with E-state index in [1.165, 1.54) is 41.6 Å². The molecule has 0 aliphatic heterocycles. The number of anilines is 1. The number of para-hydroxylation sites is 1. The summed E-state index contributed by atoms with van der Waals surface area (Å²) in [6.45, 7) is 0.676. The Morgan fingerprint density at radius 2 is 1.71 bits per heavy atom. The molecule has 0 fully saturated rings. The first kappa shape index (κ1) is 21.3. The molecule has 1 N–H and O–H groups in total. The SMILES string of the molecule is O=C(Nc1ccccc1Sc1nc(Br)nn1CCc1ccccc1)c1ccc(F)cc1. The summed E-state index contributed by atoms with van der Waals surface area (Å²) in [7, 11) is 0. The molecule has 0 aliphatic rings. The van der Waals surface area contributed by atoms with Gasteiger partial charge >= 0.3 is 0 Å². The second kappa shape index (κ2) is 9.89. The van der Waals surface area contributed by atoms with Crippen LogP contribution in [-0.2, 0) is 13.0 Å². The maximum Gasteiger partial charge on any atom is 0.255 e. The molecule has 0 saturated carbocycles. The molecule has 1 amide bonds. The lowest BCUT2D eigenvalue weighted by atomic mass is 10.2. The van der Waals surface area contributed by atoms with Gasteiger partial charge in [0.2, 0.25) is 4.73 Å². The molecule has 8 heteroatoms. The number of rotatable bonds is 7. The second-order valence-corrected chi connectivity index (χ2v) is 8.40. The largest absolute Gasteiger partial charge is 0.321 e. The predicted octanol–water partition coefficient (Wildman–Crippen LogP) is 5.83. The first-order chi connectivity index (χ1) is 15.1. The number of aromatic nitrogens is 3. The summed E-state index contributed by atoms with van der Waals surface area (Å²) in [5.41, 5.74) is 2.25. The minimum Gasteiger partial charge on any atom is -0.321 e. The van der Waals surface area contributed by atoms with E-state index in [2.05, 4.69) is 43.5 Å². The van der Waals surface area contributed by atoms with Gasteiger partial charge in [-0.3, -0.25) is 4.79 Å². The van der Waals surface area contributed by atoms with E-state index in [-0.39, 0.29) is 11.7 Å². The highest BCUT2D eigenvalue weighted by atomic mass is 79.9. The smallest absolute Gasteiger partial charge is 0.255 e. The summed E-state index contributed by atoms with van der Waals surface area (Å²) in [6, 6.07) is 23.1. The number of nitrogens with one attached hydrogen (secondary N) is 1. The number of amides is 1. The molecule has 1 heterocycles. The number of carbonyl (C=O) groups excluding carboxylic acids is 1. The van der Waals surface area contributed by atoms with Gasteiger partial charge in [-0.2, -0.15) is 4.98 Å². The molecule has 0 saturated heterocycles. The van der Waals surface area contributed by atoms with Gasteiger partial charge in [-0.05, 0) is 76.1 Å². The molecular formula is C23H18BrFN4OS. The monoisotopic (exact) mass is 496 g/mol. The summed E-state index contributed by atoms with van der Waals surface area (Å²) >= 11 is 4.78. The first-order valence-corrected chi connectivity index (χ1v) is 11.2. The summed E-state index contributed by atoms with van der Waals surface area (Å²) in [6.07, 6.45) is 0.827. The summed E-state index contributed by atoms with van der Waals surface area (Å²) < 4.78 is 15.5. The number of hydrogen-bond donors (Lipinski definition) is 1. The van der Waals surface area contributed by atoms with E-state index in [1.807, 2.05) is 47.1 Å². The lowest BCUT2D eigenvalue weighted by Crippen LogP contribution is -2.12. The molecule has 1 aromatic heterocycles. The Hall–Kier alpha value is -2.97. The van der Waals surface area contributed by atoms with E-state index in [0.717, 1.165) is 11.3 Å². The van der Waals surface area contributed by atoms with Crippen LogP contribution in [0.2, 0.25) is 0 Å². The highest BCUT2D eigenvalue weighted by Gasteiger charge is 2.14. The van der Waals surface area contributed by atoms with Crippen LogP contribution in [-0.4, -0.2) is 20.7 Å². The van der Waals surface area contributed by atoms with Crippen molar-refractivity contribution in [3.05, 3.63) is 101 Å². The highest BCUT2D eigenvalue weighted by Crippen LogP contribution is 2.33. The number of halogens is 2. The van der Waals surface area contributed by atoms with Crippen LogP contribution in [0, 0.1) is 5.82 Å². The van der Waals surface area contributed by atoms with Crippen LogP contribution < -0.4 is 5.32 Å². The van der Waals surface area contributed by atoms with E-state index in [9.17, 15) is 9.18 Å². The lowest BCUT2D eigenvalue weighted by Gasteiger charge is -2.11. The van der Waals surface area contributed by atoms with Gasteiger partial charge in [0.1, 0.15) is 5.82 Å². The predicted molar refractivity (Wildman–Crippen MR) is 123 cm³/mol. The molecule has 0 atom stereocenters. The number of nitrogens with zero attached hydrogens (tertiary/aromatic N) is 3. The molecule has 5 nitrogen and oxygen atoms in total. The fraction of sp³-hybridized carbons (Fsp3) is 0.0870. The summed E-state index contributed by atoms with van der Waals surface area (Å²) in [5.74, 6) is -0.687. The van der Waals surface area contributed by atoms with Gasteiger partial charge in [0, 0.05) is 17.0 Å². The summed E-state index contributed by atoms with van der Waals surface area (Å²) in [4.78, 5) is 17.9. The van der Waals surface area contributed by atoms with Gasteiger partial charge in [0.05, 0.1) is 5.69 Å². The van der Waals surface area contributed by atoms with E-state index in [0.29, 0.717) is 27.7 Å². The third kappa shape index (κ3) is 5.59. The van der Waals surface area contributed by atoms with Crippen molar-refractivity contribution in [1.82, 2.24) is 14.8 Å². The van der Waals surface area contributed by atoms with Crippen molar-refractivity contribution in [3.8, 4) is 0 Å². The number of hydrogen-bond acceptors (Lipinski definition) is 4. The van der Waals surface area contributed by atoms with Crippen molar-refractivity contribution in [3.63, 3.8) is 0 Å². The fourth-order valence-corrected chi connectivity index (χ4v) is 4.37. The van der Waals surface area contributed by atoms with Crippen LogP contribution in [0.4, 0.5) is 10.1 Å². The molecular weight excluding hydrogens is 479 g/mol. The van der Waals surface area contributed by atoms with Crippen LogP contribution in [0.15, 0.2) is 93.6 Å². The van der Waals surface area contributed by atoms with Crippen molar-refractivity contribution in [2.75, 3.05) is 5.32 Å². The second-order valence-electron chi connectivity index (χ2n) is 6.68. The third-order valence-electron chi connectivity index (χ3n) is 4.51. The minimum atomic E-state index is -0.382. The average Bonchev–Trinajstić information content (AvgIpc) is 3.13. The van der Waals surface area contributed by atoms with Gasteiger partial charge in [0.25, 0.3) is 5.91 Å². The standard InChI is InChI=1S/C23H18BrFN4OS/c24-22-27-23(29(28-22)15-14-16-6-2-1-3-7-16)31-20-9-5-4-8-19(20)26-21(30)17-10-12-18(25)13-11-17/h1-13H,14-15H2,(H,26,30). The van der Waals surface area contributed by atoms with Crippen LogP contribution in [0.5, 0.6) is 0 Å². The van der Waals surface area contributed by atoms with Crippen molar-refractivity contribution >= 4 is 39.3 Å². The Bertz CT molecular complexity index is 1180. The van der Waals surface area contributed by atoms with Gasteiger partial charge in [0.15, 0.2) is 5.16 Å². The molecule has 0 spiro atoms. The summed E-state index contributed by atoms with van der Waals surface area (Å²) in [5, 5.41) is 8.06. The highest BCUT2D eigenvalue weighted by molar-refractivity contribution is 9.10. The van der Waals surface area contributed by atoms with E-state index in [4.69, 9.17) is 0 Å². The molecule has 31 heavy (non-hydrogen) atoms. The molecule has 0 unspecified atom stereocenters. The Balaban J connectivity index is 1.51. The van der Waals surface area contributed by atoms with E-state index >= 15 is 0 Å². The fourth-order valence-electron chi connectivity index (χ4n) is 2.96. The van der Waals surface area contributed by atoms with Gasteiger partial charge in [-0.25, -0.2) is 9.07 Å². The maximum absolute atomic E-state index is 13.1. The van der Waals surface area contributed by atoms with E-state index < -0.39 is 0 Å². The molecule has 4 rings (SSSR count). The third-order valence-corrected chi connectivity index (χ3v) is 5.91. The molecule has 0 bridgehead atoms. The molecule has 0 aliphatic carbocycles. The number of aryl methyl sites for hydroxylation is 2. The minimum absolute atomic E-state index is 0.306. The van der Waals surface area contributed by atoms with Crippen molar-refractivity contribution < 1.29 is 9.18 Å². The normalized spacial score (nSPS) is 10.8.